The summed E-state index contributed by atoms with van der Waals surface area (Å²) >= 11 is 5.77. The molecule has 3 amide bonds. The van der Waals surface area contributed by atoms with Gasteiger partial charge in [-0.1, -0.05) is 64.7 Å². The number of amides is 3. The first-order chi connectivity index (χ1) is 45.3. The predicted molar refractivity (Wildman–Crippen MR) is 353 cm³/mol. The number of nitrogens with two attached hydrogens (primary N) is 3. The molecule has 9 rings (SSSR count). The second kappa shape index (κ2) is 32.5. The van der Waals surface area contributed by atoms with E-state index in [4.69, 9.17) is 43.5 Å². The van der Waals surface area contributed by atoms with Gasteiger partial charge >= 0.3 is 12.2 Å². The molecular weight excluding hydrogens is 1300 g/mol. The normalized spacial score (nSPS) is 19.8. The van der Waals surface area contributed by atoms with Crippen molar-refractivity contribution in [3.05, 3.63) is 147 Å². The van der Waals surface area contributed by atoms with Gasteiger partial charge < -0.3 is 63.9 Å². The quantitative estimate of drug-likeness (QED) is 0.0292. The van der Waals surface area contributed by atoms with Crippen molar-refractivity contribution in [1.82, 2.24) is 25.6 Å². The Morgan fingerprint density at radius 3 is 1.31 bits per heavy atom. The van der Waals surface area contributed by atoms with Crippen LogP contribution in [0.2, 0.25) is 5.15 Å². The molecular formula is C67H79ClF9N15O5. The van der Waals surface area contributed by atoms with Crippen molar-refractivity contribution < 1.29 is 63.4 Å². The number of benzene rings is 3. The van der Waals surface area contributed by atoms with Gasteiger partial charge in [-0.3, -0.25) is 4.79 Å². The van der Waals surface area contributed by atoms with Crippen molar-refractivity contribution >= 4 is 75.8 Å². The molecule has 0 spiro atoms. The largest absolute Gasteiger partial charge is 0.444 e. The number of nitriles is 2. The van der Waals surface area contributed by atoms with Crippen molar-refractivity contribution in [1.29, 1.82) is 10.5 Å². The lowest BCUT2D eigenvalue weighted by atomic mass is 9.87. The van der Waals surface area contributed by atoms with Gasteiger partial charge in [0.1, 0.15) is 52.4 Å². The second-order valence-electron chi connectivity index (χ2n) is 25.6. The van der Waals surface area contributed by atoms with Crippen molar-refractivity contribution in [2.45, 2.75) is 185 Å². The molecule has 522 valence electrons. The van der Waals surface area contributed by atoms with Crippen molar-refractivity contribution in [3.63, 3.8) is 0 Å². The number of nitrogens with zero attached hydrogens (tertiary/aromatic N) is 5. The number of hydrogen-bond acceptors (Lipinski definition) is 17. The van der Waals surface area contributed by atoms with E-state index in [1.807, 2.05) is 75.4 Å². The Labute approximate surface area is 561 Å². The Kier molecular flexibility index (Phi) is 25.6. The van der Waals surface area contributed by atoms with E-state index < -0.39 is 131 Å². The van der Waals surface area contributed by atoms with Crippen molar-refractivity contribution in [2.75, 3.05) is 32.3 Å². The summed E-state index contributed by atoms with van der Waals surface area (Å²) in [5.74, 6) is -14.8. The fraction of sp³-hybridized carbons (Fsp3) is 0.433. The lowest BCUT2D eigenvalue weighted by Gasteiger charge is -2.39. The predicted octanol–water partition coefficient (Wildman–Crippen LogP) is 14.8. The first-order valence-electron chi connectivity index (χ1n) is 30.8. The second-order valence-corrected chi connectivity index (χ2v) is 25.9. The number of primary amides is 1. The standard InChI is InChI=1S/C24H28F3N5O2.C19H22F3N5O.C17H20ClF3N4O2.C7H9N/c1-14-7-9-16(10-8-14)29-20-15(13-28)12-17(25)21(32-20)31-19-18(6-5-11-24(19,26)27)30-22(33)34-23(2,3)4;1-10-4-6-11(7-5-10)25-17-12(16(24)28)9-13(20)18(27-17)26-15-14(23)3-2-8-19(15,21)22;1-16(2,3)27-15(26)23-11-5-4-6-17(20,21)12(11)24-14-10(19)7-9(8-22)13(18)25-14;1-6-2-4-7(8)5-3-6/h7-10,12,18-19H,5-6,11H2,1-4H3,(H,30,33)(H2,29,31,32);4-7,9,14-15H,2-3,8,23H2,1H3,(H2,24,28)(H2,25,26,27);7,11-12H,4-6H2,1-3H3,(H,23,26)(H,24,25);2-5H,8H2,1H3/t18-,19-;14-,15-;11-,12-;/m000./s1. The van der Waals surface area contributed by atoms with E-state index in [9.17, 15) is 59.2 Å². The lowest BCUT2D eigenvalue weighted by Crippen LogP contribution is -2.58. The number of aromatic nitrogens is 3. The number of anilines is 8. The zero-order chi connectivity index (χ0) is 72.0. The molecule has 0 bridgehead atoms. The minimum atomic E-state index is -3.25. The number of carbonyl (C=O) groups is 3. The molecule has 0 radical (unpaired) electrons. The maximum Gasteiger partial charge on any atom is 0.407 e. The maximum atomic E-state index is 14.9. The molecule has 3 aliphatic carbocycles. The number of nitrogens with one attached hydrogen (secondary N) is 7. The number of alkyl halides is 6. The minimum absolute atomic E-state index is 0.0195. The van der Waals surface area contributed by atoms with Crippen LogP contribution in [0.5, 0.6) is 0 Å². The van der Waals surface area contributed by atoms with Gasteiger partial charge in [-0.25, -0.2) is 64.1 Å². The number of rotatable bonds is 13. The molecule has 30 heteroatoms. The molecule has 0 unspecified atom stereocenters. The Morgan fingerprint density at radius 2 is 0.907 bits per heavy atom. The Morgan fingerprint density at radius 1 is 0.546 bits per heavy atom. The third-order valence-electron chi connectivity index (χ3n) is 15.1. The molecule has 3 aromatic carbocycles. The molecule has 3 aliphatic rings. The van der Waals surface area contributed by atoms with Gasteiger partial charge in [-0.2, -0.15) is 10.5 Å². The summed E-state index contributed by atoms with van der Waals surface area (Å²) in [6, 6.07) is 20.6. The zero-order valence-corrected chi connectivity index (χ0v) is 55.5. The van der Waals surface area contributed by atoms with Crippen LogP contribution in [0.25, 0.3) is 0 Å². The number of halogens is 10. The van der Waals surface area contributed by atoms with Crippen LogP contribution in [-0.2, 0) is 9.47 Å². The molecule has 6 atom stereocenters. The third kappa shape index (κ3) is 22.6. The smallest absolute Gasteiger partial charge is 0.407 e. The number of carbonyl (C=O) groups excluding carboxylic acids is 3. The molecule has 13 N–H and O–H groups in total. The van der Waals surface area contributed by atoms with E-state index in [1.54, 1.807) is 71.9 Å². The van der Waals surface area contributed by atoms with Gasteiger partial charge in [-0.05, 0) is 155 Å². The SMILES string of the molecule is CC(C)(C)OC(=O)N[C@H]1CCCC(F)(F)[C@H]1Nc1nc(Cl)c(C#N)cc1F.Cc1ccc(N)cc1.Cc1ccc(Nc2nc(N[C@H]3[C@@H](N)CCCC3(F)F)c(F)cc2C(N)=O)cc1.Cc1ccc(Nc2nc(N[C@H]3[C@@H](NC(=O)OC(C)(C)C)CCCC3(F)F)c(F)cc2C#N)cc1. The van der Waals surface area contributed by atoms with Crippen LogP contribution >= 0.6 is 11.6 Å². The molecule has 0 saturated heterocycles. The fourth-order valence-corrected chi connectivity index (χ4v) is 10.4. The Balaban J connectivity index is 0.000000218. The highest BCUT2D eigenvalue weighted by molar-refractivity contribution is 6.30. The summed E-state index contributed by atoms with van der Waals surface area (Å²) in [5, 5.41) is 35.9. The zero-order valence-electron chi connectivity index (χ0n) is 54.8. The van der Waals surface area contributed by atoms with Gasteiger partial charge in [0.25, 0.3) is 23.7 Å². The number of pyridine rings is 3. The molecule has 3 fully saturated rings. The van der Waals surface area contributed by atoms with Crippen LogP contribution in [0.15, 0.2) is 91.0 Å². The molecule has 3 heterocycles. The molecule has 6 aromatic rings. The number of ether oxygens (including phenoxy) is 2. The summed E-state index contributed by atoms with van der Waals surface area (Å²) < 4.78 is 141. The highest BCUT2D eigenvalue weighted by Gasteiger charge is 2.50. The Bertz CT molecular complexity index is 3770. The average Bonchev–Trinajstić information content (AvgIpc) is 0.805. The average molecular weight is 1380 g/mol. The molecule has 20 nitrogen and oxygen atoms in total. The summed E-state index contributed by atoms with van der Waals surface area (Å²) in [6.07, 6.45) is -1.34. The lowest BCUT2D eigenvalue weighted by molar-refractivity contribution is -0.0571. The minimum Gasteiger partial charge on any atom is -0.444 e. The van der Waals surface area contributed by atoms with E-state index in [0.29, 0.717) is 24.2 Å². The number of aryl methyl sites for hydroxylation is 3. The van der Waals surface area contributed by atoms with E-state index in [-0.39, 0.29) is 65.6 Å². The van der Waals surface area contributed by atoms with Crippen molar-refractivity contribution in [2.24, 2.45) is 11.5 Å². The van der Waals surface area contributed by atoms with Crippen LogP contribution in [0.4, 0.5) is 95.3 Å². The topological polar surface area (TPSA) is 318 Å². The molecule has 0 aliphatic heterocycles. The van der Waals surface area contributed by atoms with E-state index in [0.717, 1.165) is 35.0 Å². The summed E-state index contributed by atoms with van der Waals surface area (Å²) in [6.45, 7) is 15.8. The van der Waals surface area contributed by atoms with E-state index >= 15 is 0 Å². The number of hydrogen-bond donors (Lipinski definition) is 10. The number of alkyl carbamates (subject to hydrolysis) is 2. The first-order valence-corrected chi connectivity index (χ1v) is 31.2. The molecule has 3 aromatic heterocycles. The summed E-state index contributed by atoms with van der Waals surface area (Å²) in [7, 11) is 0. The van der Waals surface area contributed by atoms with Crippen molar-refractivity contribution in [3.8, 4) is 12.1 Å². The van der Waals surface area contributed by atoms with E-state index in [2.05, 4.69) is 52.2 Å². The van der Waals surface area contributed by atoms with Crippen LogP contribution in [0.1, 0.15) is 138 Å². The first kappa shape index (κ1) is 76.5. The van der Waals surface area contributed by atoms with E-state index in [1.165, 1.54) is 5.56 Å². The number of nitrogen functional groups attached to an aromatic ring is 1. The Hall–Kier alpha value is -9.48. The monoisotopic (exact) mass is 1380 g/mol. The van der Waals surface area contributed by atoms with Crippen LogP contribution in [-0.4, -0.2) is 98.3 Å². The maximum absolute atomic E-state index is 14.9. The highest BCUT2D eigenvalue weighted by Crippen LogP contribution is 2.40. The van der Waals surface area contributed by atoms with Crippen LogP contribution in [0, 0.1) is 60.9 Å². The summed E-state index contributed by atoms with van der Waals surface area (Å²) in [5.41, 5.74) is 19.8. The van der Waals surface area contributed by atoms with Gasteiger partial charge in [0.15, 0.2) is 40.7 Å². The molecule has 97 heavy (non-hydrogen) atoms. The van der Waals surface area contributed by atoms with Gasteiger partial charge in [0, 0.05) is 42.4 Å². The summed E-state index contributed by atoms with van der Waals surface area (Å²) in [4.78, 5) is 47.7. The molecule has 3 saturated carbocycles. The van der Waals surface area contributed by atoms with Gasteiger partial charge in [0.2, 0.25) is 0 Å². The highest BCUT2D eigenvalue weighted by atomic mass is 35.5. The van der Waals surface area contributed by atoms with Crippen LogP contribution < -0.4 is 54.4 Å². The van der Waals surface area contributed by atoms with Gasteiger partial charge in [-0.15, -0.1) is 0 Å². The van der Waals surface area contributed by atoms with Crippen LogP contribution in [0.3, 0.4) is 0 Å². The third-order valence-corrected chi connectivity index (χ3v) is 15.4. The fourth-order valence-electron chi connectivity index (χ4n) is 10.3. The van der Waals surface area contributed by atoms with Gasteiger partial charge in [0.05, 0.1) is 28.8 Å².